The van der Waals surface area contributed by atoms with Crippen LogP contribution in [0.3, 0.4) is 0 Å². The second-order valence-corrected chi connectivity index (χ2v) is 0.245. The van der Waals surface area contributed by atoms with Gasteiger partial charge in [0.1, 0.15) is 6.79 Å². The van der Waals surface area contributed by atoms with Gasteiger partial charge in [0.25, 0.3) is 0 Å². The molecule has 0 heterocycles. The van der Waals surface area contributed by atoms with E-state index in [2.05, 4.69) is 0 Å². The predicted octanol–water partition coefficient (Wildman–Crippen LogP) is -0.150. The summed E-state index contributed by atoms with van der Waals surface area (Å²) in [6, 6.07) is 0. The van der Waals surface area contributed by atoms with Gasteiger partial charge in [-0.15, -0.1) is 0 Å². The first-order chi connectivity index (χ1) is 3.41. The second kappa shape index (κ2) is 107. The molecule has 0 atom stereocenters. The van der Waals surface area contributed by atoms with Gasteiger partial charge in [0.15, 0.2) is 12.3 Å². The number of rotatable bonds is 0. The average molecular weight is 154 g/mol. The molecule has 0 aromatic carbocycles. The number of hydrogen-bond acceptors (Lipinski definition) is 6. The maximum absolute atomic E-state index is 8.00. The van der Waals surface area contributed by atoms with E-state index in [1.807, 2.05) is 6.79 Å². The van der Waals surface area contributed by atoms with E-state index in [1.54, 1.807) is 0 Å². The van der Waals surface area contributed by atoms with Crippen LogP contribution in [0.5, 0.6) is 0 Å². The first kappa shape index (κ1) is 23.2. The third kappa shape index (κ3) is 319. The molecule has 5 nitrogen and oxygen atoms in total. The van der Waals surface area contributed by atoms with E-state index in [9.17, 15) is 0 Å². The Morgan fingerprint density at radius 3 is 1.12 bits per heavy atom. The molecular formula is CH7NaO5S. The molecule has 0 rings (SSSR count). The molecular weight excluding hydrogens is 147 g/mol. The summed E-state index contributed by atoms with van der Waals surface area (Å²) in [5.41, 5.74) is 0. The fourth-order valence-corrected chi connectivity index (χ4v) is 0. The summed E-state index contributed by atoms with van der Waals surface area (Å²) in [6.07, 6.45) is 0. The van der Waals surface area contributed by atoms with E-state index in [1.165, 1.54) is 0 Å². The van der Waals surface area contributed by atoms with Crippen LogP contribution in [-0.2, 0) is 4.79 Å². The summed E-state index contributed by atoms with van der Waals surface area (Å²) in [5, 5.41) is 12.0. The van der Waals surface area contributed by atoms with Crippen molar-refractivity contribution in [2.24, 2.45) is 0 Å². The Morgan fingerprint density at radius 2 is 1.12 bits per heavy atom. The molecule has 0 aliphatic heterocycles. The third-order valence-corrected chi connectivity index (χ3v) is 0. The molecule has 0 unspecified atom stereocenters. The van der Waals surface area contributed by atoms with Gasteiger partial charge in [-0.2, -0.15) is 0 Å². The van der Waals surface area contributed by atoms with Crippen molar-refractivity contribution >= 4 is 48.7 Å². The van der Waals surface area contributed by atoms with Crippen molar-refractivity contribution in [3.63, 3.8) is 0 Å². The first-order valence-corrected chi connectivity index (χ1v) is 1.58. The minimum atomic E-state index is -0.250. The molecule has 0 radical (unpaired) electrons. The molecule has 8 heavy (non-hydrogen) atoms. The Hall–Kier alpha value is 0.860. The average Bonchev–Trinajstić information content (AvgIpc) is 1.78. The Bertz CT molecular complexity index is 16.4. The molecule has 0 aliphatic carbocycles. The zero-order chi connectivity index (χ0) is 6.71. The van der Waals surface area contributed by atoms with Crippen molar-refractivity contribution in [2.45, 2.75) is 0 Å². The van der Waals surface area contributed by atoms with Gasteiger partial charge in [-0.25, -0.2) is 0 Å². The topological polar surface area (TPSA) is 98.0 Å². The first-order valence-electron chi connectivity index (χ1n) is 0.854. The van der Waals surface area contributed by atoms with E-state index in [4.69, 9.17) is 24.4 Å². The summed E-state index contributed by atoms with van der Waals surface area (Å²) in [6.45, 7) is 2.00. The van der Waals surface area contributed by atoms with Crippen molar-refractivity contribution in [2.75, 3.05) is 0 Å². The van der Waals surface area contributed by atoms with E-state index in [-0.39, 0.29) is 41.9 Å². The quantitative estimate of drug-likeness (QED) is 0.168. The van der Waals surface area contributed by atoms with Crippen molar-refractivity contribution in [3.8, 4) is 0 Å². The van der Waals surface area contributed by atoms with Gasteiger partial charge in [0.2, 0.25) is 0 Å². The fraction of sp³-hybridized carbons (Fsp3) is 0. The molecule has 4 N–H and O–H groups in total. The third-order valence-electron chi connectivity index (χ3n) is 0. The number of carbonyl (C=O) groups excluding carboxylic acids is 1. The van der Waals surface area contributed by atoms with Crippen LogP contribution in [0.15, 0.2) is 0 Å². The van der Waals surface area contributed by atoms with Gasteiger partial charge >= 0.3 is 29.6 Å². The molecule has 0 aliphatic rings. The van der Waals surface area contributed by atoms with Crippen LogP contribution in [0.2, 0.25) is 0 Å². The molecule has 0 saturated carbocycles. The van der Waals surface area contributed by atoms with Crippen molar-refractivity contribution in [1.29, 1.82) is 0 Å². The second-order valence-electron chi connectivity index (χ2n) is 0.0816. The number of carbonyl (C=O) groups is 1. The van der Waals surface area contributed by atoms with Gasteiger partial charge < -0.3 is 13.9 Å². The van der Waals surface area contributed by atoms with Crippen molar-refractivity contribution < 1.29 is 24.4 Å². The molecule has 0 aromatic rings. The zero-order valence-corrected chi connectivity index (χ0v) is 4.13. The van der Waals surface area contributed by atoms with E-state index < -0.39 is 0 Å². The van der Waals surface area contributed by atoms with Crippen LogP contribution >= 0.6 is 12.3 Å². The van der Waals surface area contributed by atoms with E-state index in [0.29, 0.717) is 0 Å². The van der Waals surface area contributed by atoms with Crippen LogP contribution in [0.4, 0.5) is 0 Å². The molecule has 0 amide bonds. The van der Waals surface area contributed by atoms with Crippen LogP contribution in [-0.4, -0.2) is 56.0 Å². The maximum atomic E-state index is 8.00. The summed E-state index contributed by atoms with van der Waals surface area (Å²) in [7, 11) is 0. The monoisotopic (exact) mass is 154 g/mol. The molecule has 48 valence electrons. The van der Waals surface area contributed by atoms with Crippen LogP contribution < -0.4 is 0 Å². The predicted molar refractivity (Wildman–Crippen MR) is 32.4 cm³/mol. The Morgan fingerprint density at radius 1 is 1.12 bits per heavy atom. The molecule has 0 fully saturated rings. The van der Waals surface area contributed by atoms with Gasteiger partial charge in [0.05, 0.1) is 0 Å². The Kier molecular flexibility index (Phi) is 310. The van der Waals surface area contributed by atoms with Crippen LogP contribution in [0, 0.1) is 0 Å². The van der Waals surface area contributed by atoms with E-state index in [0.717, 1.165) is 0 Å². The summed E-state index contributed by atoms with van der Waals surface area (Å²) < 4.78 is 14.1. The van der Waals surface area contributed by atoms with Gasteiger partial charge in [-0.05, 0) is 0 Å². The van der Waals surface area contributed by atoms with Crippen molar-refractivity contribution in [3.05, 3.63) is 0 Å². The summed E-state index contributed by atoms with van der Waals surface area (Å²) in [5.74, 6) is 0. The van der Waals surface area contributed by atoms with Gasteiger partial charge in [0, 0.05) is 0 Å². The van der Waals surface area contributed by atoms with E-state index >= 15 is 0 Å². The summed E-state index contributed by atoms with van der Waals surface area (Å²) >= 11 is -0.250. The zero-order valence-electron chi connectivity index (χ0n) is 3.31. The molecule has 0 aromatic heterocycles. The molecule has 7 heteroatoms. The van der Waals surface area contributed by atoms with Crippen molar-refractivity contribution in [1.82, 2.24) is 0 Å². The fourth-order valence-electron chi connectivity index (χ4n) is 0. The van der Waals surface area contributed by atoms with Gasteiger partial charge in [-0.1, -0.05) is 0 Å². The molecule has 0 saturated heterocycles. The van der Waals surface area contributed by atoms with Crippen LogP contribution in [0.1, 0.15) is 0 Å². The normalized spacial score (nSPS) is 3.50. The Labute approximate surface area is 73.0 Å². The summed E-state index contributed by atoms with van der Waals surface area (Å²) in [4.78, 5) is 8.00. The van der Waals surface area contributed by atoms with Crippen LogP contribution in [0.25, 0.3) is 0 Å². The number of hydrogen-bond donors (Lipinski definition) is 4. The molecule has 0 bridgehead atoms. The molecule has 0 spiro atoms. The van der Waals surface area contributed by atoms with Gasteiger partial charge in [-0.3, -0.25) is 10.5 Å². The minimum absolute atomic E-state index is 0. The standard InChI is InChI=1S/CH2O.Na.H2O2S.H2O2.H/c1-2;;1-3-2;1-2;/h1H2;;1-2H;1-2H;. The SMILES string of the molecule is C=O.OO.OSO.[NaH]. The Balaban J connectivity index is -0.0000000147.